The lowest BCUT2D eigenvalue weighted by molar-refractivity contribution is 0.260. The highest BCUT2D eigenvalue weighted by atomic mass is 127. The highest BCUT2D eigenvalue weighted by Gasteiger charge is 2.19. The Morgan fingerprint density at radius 1 is 1.16 bits per heavy atom. The predicted molar refractivity (Wildman–Crippen MR) is 113 cm³/mol. The van der Waals surface area contributed by atoms with Gasteiger partial charge in [0.25, 0.3) is 0 Å². The third-order valence-electron chi connectivity index (χ3n) is 4.85. The number of aromatic nitrogens is 2. The fourth-order valence-electron chi connectivity index (χ4n) is 3.42. The van der Waals surface area contributed by atoms with Gasteiger partial charge in [0, 0.05) is 64.8 Å². The summed E-state index contributed by atoms with van der Waals surface area (Å²) in [5, 5.41) is 6.97. The quantitative estimate of drug-likeness (QED) is 0.394. The lowest BCUT2D eigenvalue weighted by Crippen LogP contribution is -2.50. The number of rotatable bonds is 5. The van der Waals surface area contributed by atoms with Crippen molar-refractivity contribution >= 4 is 35.9 Å². The van der Waals surface area contributed by atoms with Gasteiger partial charge in [0.05, 0.1) is 0 Å². The topological polar surface area (TPSA) is 68.7 Å². The van der Waals surface area contributed by atoms with Gasteiger partial charge in [-0.3, -0.25) is 9.89 Å². The molecule has 0 aromatic carbocycles. The minimum absolute atomic E-state index is 0. The molecule has 1 aliphatic heterocycles. The highest BCUT2D eigenvalue weighted by Crippen LogP contribution is 2.17. The molecule has 3 rings (SSSR count). The molecule has 2 fully saturated rings. The van der Waals surface area contributed by atoms with Crippen LogP contribution in [0.4, 0.5) is 5.95 Å². The number of halogens is 1. The van der Waals surface area contributed by atoms with E-state index in [0.717, 1.165) is 51.2 Å². The van der Waals surface area contributed by atoms with E-state index in [1.807, 2.05) is 25.5 Å². The van der Waals surface area contributed by atoms with Crippen LogP contribution < -0.4 is 15.5 Å². The molecule has 1 saturated carbocycles. The van der Waals surface area contributed by atoms with E-state index in [1.54, 1.807) is 0 Å². The summed E-state index contributed by atoms with van der Waals surface area (Å²) >= 11 is 0. The molecule has 2 heterocycles. The second-order valence-electron chi connectivity index (χ2n) is 6.50. The maximum Gasteiger partial charge on any atom is 0.225 e. The molecule has 7 nitrogen and oxygen atoms in total. The predicted octanol–water partition coefficient (Wildman–Crippen LogP) is 1.32. The summed E-state index contributed by atoms with van der Waals surface area (Å²) in [5.41, 5.74) is 0. The fourth-order valence-corrected chi connectivity index (χ4v) is 3.42. The Balaban J connectivity index is 0.00000225. The Kier molecular flexibility index (Phi) is 8.66. The van der Waals surface area contributed by atoms with Crippen LogP contribution in [0.2, 0.25) is 0 Å². The molecule has 1 aromatic rings. The van der Waals surface area contributed by atoms with Crippen LogP contribution in [0.3, 0.4) is 0 Å². The molecule has 0 atom stereocenters. The van der Waals surface area contributed by atoms with E-state index in [2.05, 4.69) is 35.4 Å². The van der Waals surface area contributed by atoms with Gasteiger partial charge < -0.3 is 15.5 Å². The van der Waals surface area contributed by atoms with Crippen molar-refractivity contribution in [1.82, 2.24) is 25.5 Å². The molecule has 2 N–H and O–H groups in total. The molecule has 0 radical (unpaired) electrons. The SMILES string of the molecule is CN=C(NCCN1CCN(c2ncccn2)CC1)NC1CCCC1.I. The lowest BCUT2D eigenvalue weighted by Gasteiger charge is -2.34. The first kappa shape index (κ1) is 20.2. The normalized spacial score (nSPS) is 19.6. The summed E-state index contributed by atoms with van der Waals surface area (Å²) in [6.45, 7) is 6.03. The van der Waals surface area contributed by atoms with Gasteiger partial charge in [-0.25, -0.2) is 9.97 Å². The molecule has 2 aliphatic rings. The lowest BCUT2D eigenvalue weighted by atomic mass is 10.2. The Hall–Kier alpha value is -1.16. The van der Waals surface area contributed by atoms with E-state index < -0.39 is 0 Å². The molecule has 0 bridgehead atoms. The first-order valence-electron chi connectivity index (χ1n) is 9.06. The van der Waals surface area contributed by atoms with Gasteiger partial charge in [0.1, 0.15) is 0 Å². The monoisotopic (exact) mass is 459 g/mol. The van der Waals surface area contributed by atoms with Gasteiger partial charge in [-0.05, 0) is 18.9 Å². The average molecular weight is 459 g/mol. The molecule has 140 valence electrons. The molecule has 0 amide bonds. The van der Waals surface area contributed by atoms with Gasteiger partial charge >= 0.3 is 0 Å². The number of nitrogens with one attached hydrogen (secondary N) is 2. The summed E-state index contributed by atoms with van der Waals surface area (Å²) in [7, 11) is 1.85. The van der Waals surface area contributed by atoms with Crippen molar-refractivity contribution in [3.63, 3.8) is 0 Å². The highest BCUT2D eigenvalue weighted by molar-refractivity contribution is 14.0. The first-order chi connectivity index (χ1) is 11.8. The summed E-state index contributed by atoms with van der Waals surface area (Å²) in [6, 6.07) is 2.46. The van der Waals surface area contributed by atoms with Gasteiger partial charge in [0.15, 0.2) is 5.96 Å². The number of nitrogens with zero attached hydrogens (tertiary/aromatic N) is 5. The average Bonchev–Trinajstić information content (AvgIpc) is 3.15. The zero-order valence-corrected chi connectivity index (χ0v) is 17.4. The molecule has 8 heteroatoms. The van der Waals surface area contributed by atoms with Gasteiger partial charge in [-0.2, -0.15) is 0 Å². The number of anilines is 1. The van der Waals surface area contributed by atoms with Crippen molar-refractivity contribution in [3.8, 4) is 0 Å². The van der Waals surface area contributed by atoms with Crippen molar-refractivity contribution < 1.29 is 0 Å². The molecular formula is C17H30IN7. The third-order valence-corrected chi connectivity index (χ3v) is 4.85. The standard InChI is InChI=1S/C17H29N7.HI/c1-18-16(22-15-5-2-3-6-15)19-9-10-23-11-13-24(14-12-23)17-20-7-4-8-21-17;/h4,7-8,15H,2-3,5-6,9-14H2,1H3,(H2,18,19,22);1H. The van der Waals surface area contributed by atoms with Crippen LogP contribution in [-0.2, 0) is 0 Å². The molecule has 1 saturated heterocycles. The number of piperazine rings is 1. The zero-order valence-electron chi connectivity index (χ0n) is 15.0. The van der Waals surface area contributed by atoms with E-state index in [9.17, 15) is 0 Å². The van der Waals surface area contributed by atoms with Crippen LogP contribution in [0, 0.1) is 0 Å². The molecular weight excluding hydrogens is 429 g/mol. The van der Waals surface area contributed by atoms with Crippen LogP contribution in [0.1, 0.15) is 25.7 Å². The first-order valence-corrected chi connectivity index (χ1v) is 9.06. The van der Waals surface area contributed by atoms with E-state index in [0.29, 0.717) is 6.04 Å². The Labute approximate surface area is 167 Å². The van der Waals surface area contributed by atoms with Crippen molar-refractivity contribution in [2.24, 2.45) is 4.99 Å². The largest absolute Gasteiger partial charge is 0.355 e. The molecule has 0 unspecified atom stereocenters. The van der Waals surface area contributed by atoms with Crippen LogP contribution in [0.15, 0.2) is 23.5 Å². The summed E-state index contributed by atoms with van der Waals surface area (Å²) in [6.07, 6.45) is 8.83. The summed E-state index contributed by atoms with van der Waals surface area (Å²) in [4.78, 5) is 17.7. The minimum Gasteiger partial charge on any atom is -0.355 e. The van der Waals surface area contributed by atoms with Crippen molar-refractivity contribution in [2.45, 2.75) is 31.7 Å². The van der Waals surface area contributed by atoms with E-state index in [4.69, 9.17) is 0 Å². The molecule has 1 aliphatic carbocycles. The van der Waals surface area contributed by atoms with Crippen LogP contribution in [-0.4, -0.2) is 73.2 Å². The number of guanidine groups is 1. The van der Waals surface area contributed by atoms with E-state index >= 15 is 0 Å². The second kappa shape index (κ2) is 10.7. The van der Waals surface area contributed by atoms with Crippen LogP contribution in [0.25, 0.3) is 0 Å². The maximum atomic E-state index is 4.34. The number of hydrogen-bond donors (Lipinski definition) is 2. The van der Waals surface area contributed by atoms with Crippen LogP contribution in [0.5, 0.6) is 0 Å². The van der Waals surface area contributed by atoms with Gasteiger partial charge in [-0.1, -0.05) is 12.8 Å². The van der Waals surface area contributed by atoms with Crippen molar-refractivity contribution in [1.29, 1.82) is 0 Å². The second-order valence-corrected chi connectivity index (χ2v) is 6.50. The zero-order chi connectivity index (χ0) is 16.6. The molecule has 25 heavy (non-hydrogen) atoms. The van der Waals surface area contributed by atoms with Crippen molar-refractivity contribution in [3.05, 3.63) is 18.5 Å². The van der Waals surface area contributed by atoms with E-state index in [-0.39, 0.29) is 24.0 Å². The third kappa shape index (κ3) is 6.25. The van der Waals surface area contributed by atoms with E-state index in [1.165, 1.54) is 25.7 Å². The Morgan fingerprint density at radius 3 is 2.48 bits per heavy atom. The fraction of sp³-hybridized carbons (Fsp3) is 0.706. The van der Waals surface area contributed by atoms with Crippen LogP contribution >= 0.6 is 24.0 Å². The minimum atomic E-state index is 0. The molecule has 0 spiro atoms. The summed E-state index contributed by atoms with van der Waals surface area (Å²) in [5.74, 6) is 1.79. The number of aliphatic imine (C=N–C) groups is 1. The van der Waals surface area contributed by atoms with Gasteiger partial charge in [0.2, 0.25) is 5.95 Å². The number of hydrogen-bond acceptors (Lipinski definition) is 5. The van der Waals surface area contributed by atoms with Crippen molar-refractivity contribution in [2.75, 3.05) is 51.2 Å². The summed E-state index contributed by atoms with van der Waals surface area (Å²) < 4.78 is 0. The van der Waals surface area contributed by atoms with Gasteiger partial charge in [-0.15, -0.1) is 24.0 Å². The Bertz CT molecular complexity index is 511. The smallest absolute Gasteiger partial charge is 0.225 e. The Morgan fingerprint density at radius 2 is 1.84 bits per heavy atom. The maximum absolute atomic E-state index is 4.34. The molecule has 1 aromatic heterocycles.